The summed E-state index contributed by atoms with van der Waals surface area (Å²) in [5.41, 5.74) is 5.03. The van der Waals surface area contributed by atoms with E-state index in [0.717, 1.165) is 28.1 Å². The van der Waals surface area contributed by atoms with E-state index >= 15 is 0 Å². The monoisotopic (exact) mass is 488 g/mol. The van der Waals surface area contributed by atoms with Crippen LogP contribution < -0.4 is 28.6 Å². The van der Waals surface area contributed by atoms with E-state index in [9.17, 15) is 4.79 Å². The van der Waals surface area contributed by atoms with Crippen LogP contribution in [-0.2, 0) is 16.1 Å². The van der Waals surface area contributed by atoms with Gasteiger partial charge in [0.05, 0.1) is 32.6 Å². The molecular weight excluding hydrogens is 464 g/mol. The Morgan fingerprint density at radius 3 is 2.31 bits per heavy atom. The van der Waals surface area contributed by atoms with Gasteiger partial charge in [0.1, 0.15) is 6.61 Å². The van der Waals surface area contributed by atoms with Crippen molar-refractivity contribution in [2.75, 3.05) is 39.6 Å². The molecule has 3 aliphatic heterocycles. The maximum atomic E-state index is 13.2. The van der Waals surface area contributed by atoms with Crippen LogP contribution in [0.3, 0.4) is 0 Å². The maximum Gasteiger partial charge on any atom is 0.337 e. The molecule has 0 aliphatic carbocycles. The molecule has 4 heterocycles. The standard InChI is InChI=1S/C27H24N2O7/c1-31-22-8-16(9-23(32-2)26(22)33-3)24-17-10-20-21(36-14-35-20)11-18(17)29(12-15-4-6-28-7-5-15)19-13-34-27(30)25(19)24/h4-11,24H,12-14H2,1-3H3. The first-order chi connectivity index (χ1) is 17.6. The van der Waals surface area contributed by atoms with Crippen LogP contribution >= 0.6 is 0 Å². The van der Waals surface area contributed by atoms with Gasteiger partial charge in [-0.2, -0.15) is 0 Å². The summed E-state index contributed by atoms with van der Waals surface area (Å²) in [5, 5.41) is 0. The van der Waals surface area contributed by atoms with Crippen LogP contribution in [0.2, 0.25) is 0 Å². The highest BCUT2D eigenvalue weighted by Gasteiger charge is 2.43. The average molecular weight is 488 g/mol. The van der Waals surface area contributed by atoms with E-state index in [1.807, 2.05) is 36.4 Å². The molecule has 9 nitrogen and oxygen atoms in total. The second kappa shape index (κ2) is 8.67. The van der Waals surface area contributed by atoms with Crippen LogP contribution in [0.1, 0.15) is 22.6 Å². The summed E-state index contributed by atoms with van der Waals surface area (Å²) in [7, 11) is 4.69. The predicted molar refractivity (Wildman–Crippen MR) is 129 cm³/mol. The highest BCUT2D eigenvalue weighted by molar-refractivity contribution is 5.98. The number of methoxy groups -OCH3 is 3. The number of ether oxygens (including phenoxy) is 6. The Morgan fingerprint density at radius 2 is 1.64 bits per heavy atom. The lowest BCUT2D eigenvalue weighted by molar-refractivity contribution is -0.136. The Labute approximate surface area is 207 Å². The number of nitrogens with zero attached hydrogens (tertiary/aromatic N) is 2. The Bertz CT molecular complexity index is 1360. The highest BCUT2D eigenvalue weighted by atomic mass is 16.7. The molecule has 0 bridgehead atoms. The van der Waals surface area contributed by atoms with E-state index in [1.54, 1.807) is 33.7 Å². The molecule has 2 aromatic carbocycles. The van der Waals surface area contributed by atoms with E-state index < -0.39 is 5.92 Å². The normalized spacial score (nSPS) is 17.5. The fourth-order valence-corrected chi connectivity index (χ4v) is 5.09. The van der Waals surface area contributed by atoms with E-state index in [0.29, 0.717) is 40.9 Å². The van der Waals surface area contributed by atoms with Gasteiger partial charge in [-0.05, 0) is 47.0 Å². The molecule has 184 valence electrons. The molecule has 0 amide bonds. The zero-order valence-electron chi connectivity index (χ0n) is 20.1. The summed E-state index contributed by atoms with van der Waals surface area (Å²) >= 11 is 0. The van der Waals surface area contributed by atoms with E-state index in [4.69, 9.17) is 28.4 Å². The Hall–Kier alpha value is -4.40. The SMILES string of the molecule is COc1cc(C2C3=C(COC3=O)N(Cc3ccncc3)c3cc4c(cc32)OCO4)cc(OC)c1OC. The topological polar surface area (TPSA) is 88.6 Å². The molecule has 0 spiro atoms. The number of esters is 1. The van der Waals surface area contributed by atoms with Crippen LogP contribution in [-0.4, -0.2) is 45.7 Å². The van der Waals surface area contributed by atoms with Crippen LogP contribution in [0, 0.1) is 0 Å². The summed E-state index contributed by atoms with van der Waals surface area (Å²) in [6.45, 7) is 0.854. The van der Waals surface area contributed by atoms with Gasteiger partial charge in [0.2, 0.25) is 12.5 Å². The minimum atomic E-state index is -0.443. The van der Waals surface area contributed by atoms with Crippen molar-refractivity contribution >= 4 is 11.7 Å². The number of aromatic nitrogens is 1. The Morgan fingerprint density at radius 1 is 0.944 bits per heavy atom. The maximum absolute atomic E-state index is 13.2. The van der Waals surface area contributed by atoms with Crippen molar-refractivity contribution in [1.82, 2.24) is 4.98 Å². The zero-order chi connectivity index (χ0) is 24.8. The number of anilines is 1. The zero-order valence-corrected chi connectivity index (χ0v) is 20.1. The molecule has 9 heteroatoms. The number of rotatable bonds is 6. The van der Waals surface area contributed by atoms with Gasteiger partial charge in [-0.1, -0.05) is 0 Å². The second-order valence-corrected chi connectivity index (χ2v) is 8.53. The third kappa shape index (κ3) is 3.38. The first kappa shape index (κ1) is 22.1. The first-order valence-electron chi connectivity index (χ1n) is 11.4. The third-order valence-corrected chi connectivity index (χ3v) is 6.72. The van der Waals surface area contributed by atoms with Gasteiger partial charge in [-0.25, -0.2) is 4.79 Å². The second-order valence-electron chi connectivity index (χ2n) is 8.53. The van der Waals surface area contributed by atoms with Crippen LogP contribution in [0.25, 0.3) is 0 Å². The Kier molecular flexibility index (Phi) is 5.32. The summed E-state index contributed by atoms with van der Waals surface area (Å²) in [5.74, 6) is 1.97. The molecule has 6 rings (SSSR count). The third-order valence-electron chi connectivity index (χ3n) is 6.72. The minimum Gasteiger partial charge on any atom is -0.493 e. The molecule has 1 atom stereocenters. The molecule has 0 saturated heterocycles. The van der Waals surface area contributed by atoms with Gasteiger partial charge in [0.15, 0.2) is 23.0 Å². The molecule has 1 unspecified atom stereocenters. The Balaban J connectivity index is 1.59. The van der Waals surface area contributed by atoms with Crippen molar-refractivity contribution in [3.8, 4) is 28.7 Å². The first-order valence-corrected chi connectivity index (χ1v) is 11.4. The fourth-order valence-electron chi connectivity index (χ4n) is 5.09. The highest BCUT2D eigenvalue weighted by Crippen LogP contribution is 2.53. The van der Waals surface area contributed by atoms with Crippen molar-refractivity contribution in [2.45, 2.75) is 12.5 Å². The fraction of sp³-hybridized carbons (Fsp3) is 0.259. The van der Waals surface area contributed by atoms with Gasteiger partial charge in [0.25, 0.3) is 0 Å². The van der Waals surface area contributed by atoms with Crippen molar-refractivity contribution in [1.29, 1.82) is 0 Å². The molecule has 0 N–H and O–H groups in total. The van der Waals surface area contributed by atoms with Gasteiger partial charge >= 0.3 is 5.97 Å². The molecule has 1 aromatic heterocycles. The van der Waals surface area contributed by atoms with Crippen molar-refractivity contribution in [3.05, 3.63) is 76.8 Å². The summed E-state index contributed by atoms with van der Waals surface area (Å²) in [6, 6.07) is 11.6. The number of benzene rings is 2. The molecule has 3 aromatic rings. The predicted octanol–water partition coefficient (Wildman–Crippen LogP) is 3.80. The van der Waals surface area contributed by atoms with Crippen LogP contribution in [0.4, 0.5) is 5.69 Å². The number of fused-ring (bicyclic) bond motifs is 2. The number of carbonyl (C=O) groups excluding carboxylic acids is 1. The van der Waals surface area contributed by atoms with Gasteiger partial charge in [-0.3, -0.25) is 4.98 Å². The number of cyclic esters (lactones) is 1. The number of carbonyl (C=O) groups is 1. The smallest absolute Gasteiger partial charge is 0.337 e. The number of pyridine rings is 1. The summed E-state index contributed by atoms with van der Waals surface area (Å²) < 4.78 is 33.8. The van der Waals surface area contributed by atoms with Crippen molar-refractivity contribution < 1.29 is 33.2 Å². The van der Waals surface area contributed by atoms with Gasteiger partial charge in [0, 0.05) is 36.6 Å². The lowest BCUT2D eigenvalue weighted by Gasteiger charge is -2.36. The van der Waals surface area contributed by atoms with E-state index in [-0.39, 0.29) is 19.4 Å². The number of hydrogen-bond acceptors (Lipinski definition) is 9. The lowest BCUT2D eigenvalue weighted by atomic mass is 9.80. The molecule has 3 aliphatic rings. The largest absolute Gasteiger partial charge is 0.493 e. The molecular formula is C27H24N2O7. The quantitative estimate of drug-likeness (QED) is 0.481. The molecule has 0 saturated carbocycles. The van der Waals surface area contributed by atoms with Crippen molar-refractivity contribution in [3.63, 3.8) is 0 Å². The van der Waals surface area contributed by atoms with E-state index in [1.165, 1.54) is 0 Å². The van der Waals surface area contributed by atoms with Crippen LogP contribution in [0.5, 0.6) is 28.7 Å². The lowest BCUT2D eigenvalue weighted by Crippen LogP contribution is -2.30. The van der Waals surface area contributed by atoms with Crippen LogP contribution in [0.15, 0.2) is 60.1 Å². The average Bonchev–Trinajstić information content (AvgIpc) is 3.53. The summed E-state index contributed by atoms with van der Waals surface area (Å²) in [4.78, 5) is 19.4. The molecule has 0 radical (unpaired) electrons. The molecule has 0 fully saturated rings. The minimum absolute atomic E-state index is 0.145. The molecule has 36 heavy (non-hydrogen) atoms. The van der Waals surface area contributed by atoms with Gasteiger partial charge in [-0.15, -0.1) is 0 Å². The van der Waals surface area contributed by atoms with E-state index in [2.05, 4.69) is 9.88 Å². The summed E-state index contributed by atoms with van der Waals surface area (Å²) in [6.07, 6.45) is 3.51. The van der Waals surface area contributed by atoms with Gasteiger partial charge < -0.3 is 33.3 Å². The number of hydrogen-bond donors (Lipinski definition) is 0. The van der Waals surface area contributed by atoms with Crippen molar-refractivity contribution in [2.24, 2.45) is 0 Å².